The number of anilines is 2. The Morgan fingerprint density at radius 1 is 1.13 bits per heavy atom. The van der Waals surface area contributed by atoms with Crippen LogP contribution >= 0.6 is 0 Å². The molecule has 0 atom stereocenters. The van der Waals surface area contributed by atoms with Crippen molar-refractivity contribution in [3.05, 3.63) is 47.7 Å². The first-order chi connectivity index (χ1) is 11.1. The lowest BCUT2D eigenvalue weighted by molar-refractivity contribution is 0.0718. The largest absolute Gasteiger partial charge is 0.340 e. The lowest BCUT2D eigenvalue weighted by Crippen LogP contribution is -2.36. The van der Waals surface area contributed by atoms with Crippen LogP contribution in [0, 0.1) is 12.7 Å². The standard InChI is InChI=1S/C17H19FN4O/c1-12-19-15(17(23)22-9-3-2-4-10-22)11-16(20-12)21-14-7-5-13(18)6-8-14/h5-8,11H,2-4,9-10H2,1H3,(H,19,20,21). The van der Waals surface area contributed by atoms with Gasteiger partial charge in [-0.25, -0.2) is 14.4 Å². The van der Waals surface area contributed by atoms with Gasteiger partial charge < -0.3 is 10.2 Å². The number of hydrogen-bond donors (Lipinski definition) is 1. The Balaban J connectivity index is 1.80. The Morgan fingerprint density at radius 3 is 2.52 bits per heavy atom. The molecule has 0 radical (unpaired) electrons. The normalized spacial score (nSPS) is 14.6. The van der Waals surface area contributed by atoms with Gasteiger partial charge in [0.1, 0.15) is 23.2 Å². The van der Waals surface area contributed by atoms with Gasteiger partial charge in [0, 0.05) is 24.8 Å². The minimum absolute atomic E-state index is 0.0580. The highest BCUT2D eigenvalue weighted by molar-refractivity contribution is 5.93. The predicted molar refractivity (Wildman–Crippen MR) is 86.2 cm³/mol. The molecule has 2 aromatic rings. The molecule has 1 aromatic heterocycles. The molecule has 1 amide bonds. The van der Waals surface area contributed by atoms with Crippen LogP contribution in [0.25, 0.3) is 0 Å². The second-order valence-electron chi connectivity index (χ2n) is 5.67. The van der Waals surface area contributed by atoms with E-state index in [9.17, 15) is 9.18 Å². The van der Waals surface area contributed by atoms with E-state index in [4.69, 9.17) is 0 Å². The monoisotopic (exact) mass is 314 g/mol. The fraction of sp³-hybridized carbons (Fsp3) is 0.353. The average Bonchev–Trinajstić information content (AvgIpc) is 2.56. The van der Waals surface area contributed by atoms with Crippen molar-refractivity contribution in [3.63, 3.8) is 0 Å². The Labute approximate surface area is 134 Å². The van der Waals surface area contributed by atoms with Gasteiger partial charge in [-0.1, -0.05) is 0 Å². The van der Waals surface area contributed by atoms with Crippen LogP contribution in [0.3, 0.4) is 0 Å². The smallest absolute Gasteiger partial charge is 0.272 e. The number of hydrogen-bond acceptors (Lipinski definition) is 4. The van der Waals surface area contributed by atoms with E-state index in [-0.39, 0.29) is 11.7 Å². The molecule has 0 spiro atoms. The molecule has 6 heteroatoms. The van der Waals surface area contributed by atoms with Gasteiger partial charge in [-0.3, -0.25) is 4.79 Å². The number of benzene rings is 1. The Kier molecular flexibility index (Phi) is 4.50. The lowest BCUT2D eigenvalue weighted by atomic mass is 10.1. The van der Waals surface area contributed by atoms with E-state index in [0.717, 1.165) is 25.9 Å². The van der Waals surface area contributed by atoms with Crippen molar-refractivity contribution in [2.45, 2.75) is 26.2 Å². The van der Waals surface area contributed by atoms with Crippen molar-refractivity contribution in [3.8, 4) is 0 Å². The molecular formula is C17H19FN4O. The van der Waals surface area contributed by atoms with Crippen LogP contribution in [0.1, 0.15) is 35.6 Å². The highest BCUT2D eigenvalue weighted by atomic mass is 19.1. The molecule has 1 aromatic carbocycles. The molecule has 2 heterocycles. The Bertz CT molecular complexity index is 696. The summed E-state index contributed by atoms with van der Waals surface area (Å²) in [4.78, 5) is 23.0. The SMILES string of the molecule is Cc1nc(Nc2ccc(F)cc2)cc(C(=O)N2CCCCC2)n1. The van der Waals surface area contributed by atoms with Crippen LogP contribution in [0.5, 0.6) is 0 Å². The second-order valence-corrected chi connectivity index (χ2v) is 5.67. The maximum Gasteiger partial charge on any atom is 0.272 e. The highest BCUT2D eigenvalue weighted by Crippen LogP contribution is 2.18. The van der Waals surface area contributed by atoms with Gasteiger partial charge in [0.15, 0.2) is 0 Å². The molecule has 0 bridgehead atoms. The number of carbonyl (C=O) groups excluding carboxylic acids is 1. The molecule has 5 nitrogen and oxygen atoms in total. The van der Waals surface area contributed by atoms with Crippen LogP contribution < -0.4 is 5.32 Å². The van der Waals surface area contributed by atoms with E-state index in [2.05, 4.69) is 15.3 Å². The fourth-order valence-electron chi connectivity index (χ4n) is 2.68. The first kappa shape index (κ1) is 15.4. The number of rotatable bonds is 3. The van der Waals surface area contributed by atoms with E-state index in [1.807, 2.05) is 4.90 Å². The van der Waals surface area contributed by atoms with Crippen LogP contribution in [0.4, 0.5) is 15.9 Å². The number of piperidine rings is 1. The summed E-state index contributed by atoms with van der Waals surface area (Å²) in [5, 5.41) is 3.08. The number of amides is 1. The molecule has 1 N–H and O–H groups in total. The molecule has 1 fully saturated rings. The Hall–Kier alpha value is -2.50. The number of carbonyl (C=O) groups is 1. The zero-order valence-electron chi connectivity index (χ0n) is 13.1. The van der Waals surface area contributed by atoms with Gasteiger partial charge in [0.2, 0.25) is 0 Å². The number of likely N-dealkylation sites (tertiary alicyclic amines) is 1. The summed E-state index contributed by atoms with van der Waals surface area (Å²) in [5.74, 6) is 0.703. The van der Waals surface area contributed by atoms with E-state index in [1.54, 1.807) is 25.1 Å². The van der Waals surface area contributed by atoms with E-state index < -0.39 is 0 Å². The minimum Gasteiger partial charge on any atom is -0.340 e. The molecule has 1 aliphatic heterocycles. The third kappa shape index (κ3) is 3.83. The van der Waals surface area contributed by atoms with Crippen LogP contribution in [-0.4, -0.2) is 33.9 Å². The summed E-state index contributed by atoms with van der Waals surface area (Å²) in [6, 6.07) is 7.64. The topological polar surface area (TPSA) is 58.1 Å². The second kappa shape index (κ2) is 6.73. The van der Waals surface area contributed by atoms with Crippen molar-refractivity contribution in [2.24, 2.45) is 0 Å². The zero-order valence-corrected chi connectivity index (χ0v) is 13.1. The van der Waals surface area contributed by atoms with Gasteiger partial charge >= 0.3 is 0 Å². The molecule has 0 unspecified atom stereocenters. The van der Waals surface area contributed by atoms with Crippen molar-refractivity contribution >= 4 is 17.4 Å². The fourth-order valence-corrected chi connectivity index (χ4v) is 2.68. The maximum atomic E-state index is 13.0. The number of aryl methyl sites for hydroxylation is 1. The van der Waals surface area contributed by atoms with Crippen molar-refractivity contribution in [1.29, 1.82) is 0 Å². The maximum absolute atomic E-state index is 13.0. The molecule has 3 rings (SSSR count). The van der Waals surface area contributed by atoms with Crippen molar-refractivity contribution in [2.75, 3.05) is 18.4 Å². The summed E-state index contributed by atoms with van der Waals surface area (Å²) < 4.78 is 13.0. The summed E-state index contributed by atoms with van der Waals surface area (Å²) in [6.45, 7) is 3.31. The van der Waals surface area contributed by atoms with Gasteiger partial charge in [0.05, 0.1) is 0 Å². The van der Waals surface area contributed by atoms with E-state index in [0.29, 0.717) is 23.0 Å². The first-order valence-electron chi connectivity index (χ1n) is 7.79. The number of nitrogens with one attached hydrogen (secondary N) is 1. The molecule has 1 aliphatic rings. The minimum atomic E-state index is -0.296. The van der Waals surface area contributed by atoms with Crippen LogP contribution in [0.2, 0.25) is 0 Å². The van der Waals surface area contributed by atoms with Gasteiger partial charge in [-0.15, -0.1) is 0 Å². The molecule has 0 saturated carbocycles. The van der Waals surface area contributed by atoms with Gasteiger partial charge in [-0.05, 0) is 50.5 Å². The summed E-state index contributed by atoms with van der Waals surface area (Å²) in [6.07, 6.45) is 3.25. The van der Waals surface area contributed by atoms with E-state index in [1.165, 1.54) is 18.6 Å². The molecule has 0 aliphatic carbocycles. The summed E-state index contributed by atoms with van der Waals surface area (Å²) >= 11 is 0. The van der Waals surface area contributed by atoms with E-state index >= 15 is 0 Å². The van der Waals surface area contributed by atoms with Crippen molar-refractivity contribution < 1.29 is 9.18 Å². The summed E-state index contributed by atoms with van der Waals surface area (Å²) in [7, 11) is 0. The number of aromatic nitrogens is 2. The molecule has 120 valence electrons. The molecule has 23 heavy (non-hydrogen) atoms. The highest BCUT2D eigenvalue weighted by Gasteiger charge is 2.20. The predicted octanol–water partition coefficient (Wildman–Crippen LogP) is 3.29. The third-order valence-electron chi connectivity index (χ3n) is 3.82. The Morgan fingerprint density at radius 2 is 1.83 bits per heavy atom. The lowest BCUT2D eigenvalue weighted by Gasteiger charge is -2.26. The average molecular weight is 314 g/mol. The number of halogens is 1. The van der Waals surface area contributed by atoms with Crippen LogP contribution in [0.15, 0.2) is 30.3 Å². The molecule has 1 saturated heterocycles. The van der Waals surface area contributed by atoms with Crippen molar-refractivity contribution in [1.82, 2.24) is 14.9 Å². The number of nitrogens with zero attached hydrogens (tertiary/aromatic N) is 3. The summed E-state index contributed by atoms with van der Waals surface area (Å²) in [5.41, 5.74) is 1.10. The zero-order chi connectivity index (χ0) is 16.2. The van der Waals surface area contributed by atoms with Gasteiger partial charge in [0.25, 0.3) is 5.91 Å². The molecular weight excluding hydrogens is 295 g/mol. The first-order valence-corrected chi connectivity index (χ1v) is 7.79. The third-order valence-corrected chi connectivity index (χ3v) is 3.82. The quantitative estimate of drug-likeness (QED) is 0.944. The van der Waals surface area contributed by atoms with Gasteiger partial charge in [-0.2, -0.15) is 0 Å². The van der Waals surface area contributed by atoms with Crippen LogP contribution in [-0.2, 0) is 0 Å².